The van der Waals surface area contributed by atoms with Crippen LogP contribution in [-0.2, 0) is 0 Å². The molecule has 0 aliphatic carbocycles. The molecule has 122 valence electrons. The van der Waals surface area contributed by atoms with Gasteiger partial charge in [0.2, 0.25) is 0 Å². The lowest BCUT2D eigenvalue weighted by molar-refractivity contribution is 0.176. The molecule has 2 saturated heterocycles. The molecule has 0 saturated carbocycles. The summed E-state index contributed by atoms with van der Waals surface area (Å²) in [5.41, 5.74) is 1.24. The molecule has 2 aromatic heterocycles. The molecule has 23 heavy (non-hydrogen) atoms. The highest BCUT2D eigenvalue weighted by molar-refractivity contribution is 5.93. The van der Waals surface area contributed by atoms with Crippen LogP contribution in [0.2, 0.25) is 0 Å². The van der Waals surface area contributed by atoms with Crippen molar-refractivity contribution in [3.63, 3.8) is 0 Å². The van der Waals surface area contributed by atoms with Gasteiger partial charge in [0.15, 0.2) is 5.65 Å². The number of nitrogens with one attached hydrogen (secondary N) is 1. The lowest BCUT2D eigenvalue weighted by Gasteiger charge is -2.17. The molecule has 2 aromatic rings. The van der Waals surface area contributed by atoms with Gasteiger partial charge in [-0.05, 0) is 25.3 Å². The van der Waals surface area contributed by atoms with E-state index in [-0.39, 0.29) is 6.03 Å². The maximum absolute atomic E-state index is 12.3. The third kappa shape index (κ3) is 2.70. The van der Waals surface area contributed by atoms with Gasteiger partial charge in [0.05, 0.1) is 12.3 Å². The standard InChI is InChI=1S/C15H20N6O2/c22-11-3-7-20(10-11)15(23)17-12-9-16-21-8-4-13(18-14(12)21)19-5-1-2-6-19/h4,8-9,11,22H,1-3,5-7,10H2,(H,17,23)/t11-/m0/s1. The van der Waals surface area contributed by atoms with Crippen LogP contribution in [-0.4, -0.2) is 62.9 Å². The van der Waals surface area contributed by atoms with Crippen LogP contribution in [0.5, 0.6) is 0 Å². The van der Waals surface area contributed by atoms with E-state index < -0.39 is 6.10 Å². The first-order chi connectivity index (χ1) is 11.2. The number of nitrogens with zero attached hydrogens (tertiary/aromatic N) is 5. The number of fused-ring (bicyclic) bond motifs is 1. The maximum atomic E-state index is 12.3. The number of aliphatic hydroxyl groups excluding tert-OH is 1. The number of hydrogen-bond donors (Lipinski definition) is 2. The Morgan fingerprint density at radius 1 is 1.30 bits per heavy atom. The van der Waals surface area contributed by atoms with Crippen molar-refractivity contribution in [1.82, 2.24) is 19.5 Å². The summed E-state index contributed by atoms with van der Waals surface area (Å²) in [5.74, 6) is 0.919. The monoisotopic (exact) mass is 316 g/mol. The molecule has 2 N–H and O–H groups in total. The highest BCUT2D eigenvalue weighted by Gasteiger charge is 2.25. The van der Waals surface area contributed by atoms with Crippen molar-refractivity contribution < 1.29 is 9.90 Å². The second-order valence-corrected chi connectivity index (χ2v) is 6.12. The van der Waals surface area contributed by atoms with E-state index in [9.17, 15) is 9.90 Å². The molecule has 1 atom stereocenters. The zero-order valence-electron chi connectivity index (χ0n) is 12.9. The largest absolute Gasteiger partial charge is 0.391 e. The van der Waals surface area contributed by atoms with Crippen molar-refractivity contribution in [2.75, 3.05) is 36.4 Å². The summed E-state index contributed by atoms with van der Waals surface area (Å²) in [5, 5.41) is 16.6. The minimum Gasteiger partial charge on any atom is -0.391 e. The summed E-state index contributed by atoms with van der Waals surface area (Å²) in [7, 11) is 0. The fourth-order valence-corrected chi connectivity index (χ4v) is 3.19. The molecule has 2 fully saturated rings. The summed E-state index contributed by atoms with van der Waals surface area (Å²) >= 11 is 0. The molecule has 2 aliphatic heterocycles. The van der Waals surface area contributed by atoms with Gasteiger partial charge in [0.25, 0.3) is 0 Å². The van der Waals surface area contributed by atoms with Crippen molar-refractivity contribution in [3.8, 4) is 0 Å². The Balaban J connectivity index is 1.57. The second kappa shape index (κ2) is 5.69. The smallest absolute Gasteiger partial charge is 0.322 e. The molecule has 4 heterocycles. The Kier molecular flexibility index (Phi) is 3.53. The van der Waals surface area contributed by atoms with E-state index in [1.807, 2.05) is 12.3 Å². The van der Waals surface area contributed by atoms with E-state index >= 15 is 0 Å². The normalized spacial score (nSPS) is 21.3. The SMILES string of the molecule is O=C(Nc1cnn2ccc(N3CCCC3)nc12)N1CC[C@H](O)C1. The Morgan fingerprint density at radius 2 is 2.13 bits per heavy atom. The van der Waals surface area contributed by atoms with Gasteiger partial charge in [-0.3, -0.25) is 0 Å². The molecular formula is C15H20N6O2. The van der Waals surface area contributed by atoms with Crippen molar-refractivity contribution >= 4 is 23.2 Å². The van der Waals surface area contributed by atoms with Crippen LogP contribution in [0.25, 0.3) is 5.65 Å². The fraction of sp³-hybridized carbons (Fsp3) is 0.533. The topological polar surface area (TPSA) is 86.0 Å². The van der Waals surface area contributed by atoms with Gasteiger partial charge in [-0.25, -0.2) is 14.3 Å². The van der Waals surface area contributed by atoms with Gasteiger partial charge >= 0.3 is 6.03 Å². The van der Waals surface area contributed by atoms with Crippen molar-refractivity contribution in [3.05, 3.63) is 18.5 Å². The van der Waals surface area contributed by atoms with Gasteiger partial charge < -0.3 is 20.2 Å². The van der Waals surface area contributed by atoms with E-state index in [1.165, 1.54) is 12.8 Å². The number of aromatic nitrogens is 3. The van der Waals surface area contributed by atoms with Crippen LogP contribution < -0.4 is 10.2 Å². The van der Waals surface area contributed by atoms with E-state index in [0.29, 0.717) is 30.8 Å². The predicted octanol–water partition coefficient (Wildman–Crippen LogP) is 0.928. The van der Waals surface area contributed by atoms with Gasteiger partial charge in [0, 0.05) is 32.4 Å². The third-order valence-corrected chi connectivity index (χ3v) is 4.48. The van der Waals surface area contributed by atoms with Crippen LogP contribution in [0, 0.1) is 0 Å². The highest BCUT2D eigenvalue weighted by Crippen LogP contribution is 2.22. The molecule has 8 nitrogen and oxygen atoms in total. The number of urea groups is 1. The Labute approximate surface area is 133 Å². The van der Waals surface area contributed by atoms with Crippen LogP contribution >= 0.6 is 0 Å². The lowest BCUT2D eigenvalue weighted by Crippen LogP contribution is -2.33. The molecule has 0 radical (unpaired) electrons. The minimum atomic E-state index is -0.426. The second-order valence-electron chi connectivity index (χ2n) is 6.12. The molecule has 2 aliphatic rings. The zero-order valence-corrected chi connectivity index (χ0v) is 12.9. The van der Waals surface area contributed by atoms with Crippen LogP contribution in [0.3, 0.4) is 0 Å². The average Bonchev–Trinajstić information content (AvgIpc) is 3.27. The van der Waals surface area contributed by atoms with Crippen LogP contribution in [0.4, 0.5) is 16.3 Å². The number of rotatable bonds is 2. The summed E-state index contributed by atoms with van der Waals surface area (Å²) in [6.07, 6.45) is 6.05. The number of carbonyl (C=O) groups is 1. The first-order valence-corrected chi connectivity index (χ1v) is 8.04. The highest BCUT2D eigenvalue weighted by atomic mass is 16.3. The number of aliphatic hydroxyl groups is 1. The summed E-state index contributed by atoms with van der Waals surface area (Å²) in [6, 6.07) is 1.73. The lowest BCUT2D eigenvalue weighted by atomic mass is 10.3. The number of anilines is 2. The quantitative estimate of drug-likeness (QED) is 0.861. The van der Waals surface area contributed by atoms with Crippen LogP contribution in [0.1, 0.15) is 19.3 Å². The first kappa shape index (κ1) is 14.3. The fourth-order valence-electron chi connectivity index (χ4n) is 3.19. The molecular weight excluding hydrogens is 296 g/mol. The van der Waals surface area contributed by atoms with Gasteiger partial charge in [0.1, 0.15) is 11.5 Å². The Morgan fingerprint density at radius 3 is 2.87 bits per heavy atom. The number of amides is 2. The average molecular weight is 316 g/mol. The van der Waals surface area contributed by atoms with Crippen molar-refractivity contribution in [2.45, 2.75) is 25.4 Å². The molecule has 4 rings (SSSR count). The van der Waals surface area contributed by atoms with Gasteiger partial charge in [-0.2, -0.15) is 5.10 Å². The summed E-state index contributed by atoms with van der Waals surface area (Å²) < 4.78 is 1.66. The van der Waals surface area contributed by atoms with Crippen molar-refractivity contribution in [2.24, 2.45) is 0 Å². The van der Waals surface area contributed by atoms with Gasteiger partial charge in [-0.15, -0.1) is 0 Å². The predicted molar refractivity (Wildman–Crippen MR) is 85.6 cm³/mol. The Bertz CT molecular complexity index is 724. The van der Waals surface area contributed by atoms with E-state index in [2.05, 4.69) is 20.3 Å². The molecule has 0 spiro atoms. The zero-order chi connectivity index (χ0) is 15.8. The summed E-state index contributed by atoms with van der Waals surface area (Å²) in [6.45, 7) is 2.98. The van der Waals surface area contributed by atoms with E-state index in [0.717, 1.165) is 18.9 Å². The van der Waals surface area contributed by atoms with E-state index in [1.54, 1.807) is 15.6 Å². The van der Waals surface area contributed by atoms with Crippen LogP contribution in [0.15, 0.2) is 18.5 Å². The van der Waals surface area contributed by atoms with Crippen molar-refractivity contribution in [1.29, 1.82) is 0 Å². The molecule has 0 bridgehead atoms. The molecule has 0 unspecified atom stereocenters. The number of likely N-dealkylation sites (tertiary alicyclic amines) is 1. The first-order valence-electron chi connectivity index (χ1n) is 8.04. The molecule has 8 heteroatoms. The minimum absolute atomic E-state index is 0.218. The molecule has 2 amide bonds. The molecule has 0 aromatic carbocycles. The Hall–Kier alpha value is -2.35. The van der Waals surface area contributed by atoms with Gasteiger partial charge in [-0.1, -0.05) is 0 Å². The summed E-state index contributed by atoms with van der Waals surface area (Å²) in [4.78, 5) is 20.8. The number of hydrogen-bond acceptors (Lipinski definition) is 5. The number of β-amino-alcohol motifs (C(OH)–C–C–N with tert-alkyl or cyclic N) is 1. The maximum Gasteiger partial charge on any atom is 0.322 e. The number of carbonyl (C=O) groups excluding carboxylic acids is 1. The van der Waals surface area contributed by atoms with E-state index in [4.69, 9.17) is 0 Å². The third-order valence-electron chi connectivity index (χ3n) is 4.48.